The maximum Gasteiger partial charge on any atom is 0.324 e. The molecule has 3 atom stereocenters. The fourth-order valence-electron chi connectivity index (χ4n) is 5.04. The number of carbonyl (C=O) groups is 2. The Balaban J connectivity index is 1.22. The fourth-order valence-corrected chi connectivity index (χ4v) is 5.04. The minimum atomic E-state index is -0.153. The summed E-state index contributed by atoms with van der Waals surface area (Å²) < 4.78 is 2.05. The van der Waals surface area contributed by atoms with Gasteiger partial charge in [0.2, 0.25) is 17.8 Å². The van der Waals surface area contributed by atoms with Crippen molar-refractivity contribution in [2.24, 2.45) is 5.92 Å². The Kier molecular flexibility index (Phi) is 6.61. The number of hydrogen-bond acceptors (Lipinski definition) is 8. The summed E-state index contributed by atoms with van der Waals surface area (Å²) in [5, 5.41) is 6.24. The van der Waals surface area contributed by atoms with Crippen LogP contribution in [0.2, 0.25) is 0 Å². The fraction of sp³-hybridized carbons (Fsp3) is 0.583. The number of aryl methyl sites for hydroxylation is 1. The summed E-state index contributed by atoms with van der Waals surface area (Å²) in [6.07, 6.45) is 7.47. The third-order valence-electron chi connectivity index (χ3n) is 7.10. The van der Waals surface area contributed by atoms with E-state index in [4.69, 9.17) is 0 Å². The summed E-state index contributed by atoms with van der Waals surface area (Å²) in [7, 11) is 0. The number of amides is 3. The van der Waals surface area contributed by atoms with Gasteiger partial charge in [0.1, 0.15) is 5.82 Å². The Hall–Kier alpha value is -3.54. The highest BCUT2D eigenvalue weighted by atomic mass is 16.2. The van der Waals surface area contributed by atoms with E-state index in [0.29, 0.717) is 43.4 Å². The van der Waals surface area contributed by atoms with Crippen molar-refractivity contribution in [2.75, 3.05) is 36.4 Å². The van der Waals surface area contributed by atoms with E-state index in [0.717, 1.165) is 31.6 Å². The van der Waals surface area contributed by atoms with Gasteiger partial charge >= 0.3 is 6.03 Å². The van der Waals surface area contributed by atoms with Crippen molar-refractivity contribution in [1.82, 2.24) is 39.6 Å². The van der Waals surface area contributed by atoms with E-state index < -0.39 is 0 Å². The lowest BCUT2D eigenvalue weighted by molar-refractivity contribution is -0.130. The zero-order chi connectivity index (χ0) is 25.4. The number of rotatable bonds is 8. The van der Waals surface area contributed by atoms with Crippen LogP contribution in [0.25, 0.3) is 0 Å². The molecule has 192 valence electrons. The van der Waals surface area contributed by atoms with Crippen molar-refractivity contribution in [3.63, 3.8) is 0 Å². The van der Waals surface area contributed by atoms with Crippen molar-refractivity contribution in [3.8, 4) is 0 Å². The molecule has 1 saturated carbocycles. The number of piperazine rings is 1. The lowest BCUT2D eigenvalue weighted by atomic mass is 10.2. The average Bonchev–Trinajstić information content (AvgIpc) is 3.45. The van der Waals surface area contributed by atoms with Gasteiger partial charge in [-0.25, -0.2) is 9.78 Å². The van der Waals surface area contributed by atoms with Gasteiger partial charge in [0.15, 0.2) is 0 Å². The highest BCUT2D eigenvalue weighted by Gasteiger charge is 2.43. The molecule has 0 aromatic carbocycles. The second-order valence-corrected chi connectivity index (χ2v) is 9.95. The molecule has 2 N–H and O–H groups in total. The molecule has 3 aliphatic rings. The Bertz CT molecular complexity index is 1150. The van der Waals surface area contributed by atoms with E-state index in [1.54, 1.807) is 11.8 Å². The predicted molar refractivity (Wildman–Crippen MR) is 134 cm³/mol. The minimum absolute atomic E-state index is 0.0166. The lowest BCUT2D eigenvalue weighted by Crippen LogP contribution is -2.53. The molecule has 5 rings (SSSR count). The van der Waals surface area contributed by atoms with Crippen LogP contribution in [-0.2, 0) is 11.5 Å². The van der Waals surface area contributed by atoms with Crippen LogP contribution in [0.1, 0.15) is 44.2 Å². The number of carbonyl (C=O) groups excluding carboxylic acids is 2. The second-order valence-electron chi connectivity index (χ2n) is 9.95. The van der Waals surface area contributed by atoms with Crippen LogP contribution in [0, 0.1) is 12.8 Å². The largest absolute Gasteiger partial charge is 0.346 e. The average molecular weight is 495 g/mol. The molecule has 12 nitrogen and oxygen atoms in total. The normalized spacial score (nSPS) is 23.5. The number of nitrogens with zero attached hydrogens (tertiary/aromatic N) is 8. The van der Waals surface area contributed by atoms with E-state index in [2.05, 4.69) is 49.0 Å². The number of anilines is 2. The zero-order valence-electron chi connectivity index (χ0n) is 21.1. The van der Waals surface area contributed by atoms with Crippen LogP contribution >= 0.6 is 0 Å². The zero-order valence-corrected chi connectivity index (χ0v) is 21.1. The summed E-state index contributed by atoms with van der Waals surface area (Å²) >= 11 is 0. The number of aromatic nitrogens is 5. The second kappa shape index (κ2) is 9.84. The molecule has 0 spiro atoms. The van der Waals surface area contributed by atoms with Gasteiger partial charge in [0.05, 0.1) is 30.8 Å². The standard InChI is InChI=1S/C24H34N10O2/c1-5-21(35)33-9-8-31(11-15(33)2)14-32-12-19(26-13-32)16(3)27-22-28-17(4)29-23(30-22)34-20(18-6-7-18)10-25-24(34)36/h5,12-13,15-16,18,20H,1,6-11,14H2,2-4H3,(H,25,36)(H,27,28,29,30)/t15-,16-,20?/m0/s1. The molecule has 3 amide bonds. The van der Waals surface area contributed by atoms with Crippen LogP contribution < -0.4 is 15.5 Å². The van der Waals surface area contributed by atoms with Gasteiger partial charge in [-0.2, -0.15) is 15.0 Å². The van der Waals surface area contributed by atoms with E-state index in [1.165, 1.54) is 6.08 Å². The molecule has 2 aromatic rings. The summed E-state index contributed by atoms with van der Waals surface area (Å²) in [6.45, 7) is 13.1. The van der Waals surface area contributed by atoms with Gasteiger partial charge in [-0.15, -0.1) is 0 Å². The Morgan fingerprint density at radius 1 is 1.31 bits per heavy atom. The number of urea groups is 1. The molecular weight excluding hydrogens is 460 g/mol. The van der Waals surface area contributed by atoms with Crippen LogP contribution in [0.3, 0.4) is 0 Å². The van der Waals surface area contributed by atoms with Gasteiger partial charge in [0.25, 0.3) is 0 Å². The van der Waals surface area contributed by atoms with Crippen LogP contribution in [0.5, 0.6) is 0 Å². The van der Waals surface area contributed by atoms with E-state index >= 15 is 0 Å². The quantitative estimate of drug-likeness (QED) is 0.530. The number of imidazole rings is 1. The van der Waals surface area contributed by atoms with Gasteiger partial charge in [-0.3, -0.25) is 14.6 Å². The summed E-state index contributed by atoms with van der Waals surface area (Å²) in [4.78, 5) is 48.4. The Morgan fingerprint density at radius 2 is 2.11 bits per heavy atom. The molecule has 0 bridgehead atoms. The summed E-state index contributed by atoms with van der Waals surface area (Å²) in [6, 6.07) is -0.0705. The van der Waals surface area contributed by atoms with Gasteiger partial charge in [-0.05, 0) is 45.6 Å². The Morgan fingerprint density at radius 3 is 2.83 bits per heavy atom. The molecule has 2 aromatic heterocycles. The first-order chi connectivity index (χ1) is 17.3. The van der Waals surface area contributed by atoms with Crippen molar-refractivity contribution in [1.29, 1.82) is 0 Å². The number of hydrogen-bond donors (Lipinski definition) is 2. The highest BCUT2D eigenvalue weighted by Crippen LogP contribution is 2.38. The van der Waals surface area contributed by atoms with Crippen molar-refractivity contribution in [3.05, 3.63) is 36.7 Å². The van der Waals surface area contributed by atoms with Gasteiger partial charge < -0.3 is 20.1 Å². The van der Waals surface area contributed by atoms with Crippen LogP contribution in [-0.4, -0.2) is 84.5 Å². The third-order valence-corrected chi connectivity index (χ3v) is 7.10. The van der Waals surface area contributed by atoms with Crippen LogP contribution in [0.15, 0.2) is 25.2 Å². The molecule has 4 heterocycles. The van der Waals surface area contributed by atoms with Crippen molar-refractivity contribution < 1.29 is 9.59 Å². The van der Waals surface area contributed by atoms with E-state index in [9.17, 15) is 9.59 Å². The summed E-state index contributed by atoms with van der Waals surface area (Å²) in [5.41, 5.74) is 0.859. The maximum absolute atomic E-state index is 12.5. The highest BCUT2D eigenvalue weighted by molar-refractivity contribution is 5.93. The molecule has 36 heavy (non-hydrogen) atoms. The van der Waals surface area contributed by atoms with Crippen molar-refractivity contribution in [2.45, 2.75) is 58.4 Å². The van der Waals surface area contributed by atoms with E-state index in [-0.39, 0.29) is 30.1 Å². The molecule has 1 aliphatic carbocycles. The first-order valence-corrected chi connectivity index (χ1v) is 12.6. The minimum Gasteiger partial charge on any atom is -0.346 e. The molecule has 2 saturated heterocycles. The monoisotopic (exact) mass is 494 g/mol. The summed E-state index contributed by atoms with van der Waals surface area (Å²) in [5.74, 6) is 1.85. The molecule has 1 unspecified atom stereocenters. The molecular formula is C24H34N10O2. The van der Waals surface area contributed by atoms with Gasteiger partial charge in [-0.1, -0.05) is 6.58 Å². The molecule has 12 heteroatoms. The maximum atomic E-state index is 12.5. The van der Waals surface area contributed by atoms with Crippen molar-refractivity contribution >= 4 is 23.8 Å². The lowest BCUT2D eigenvalue weighted by Gasteiger charge is -2.39. The molecule has 2 aliphatic heterocycles. The third kappa shape index (κ3) is 5.03. The van der Waals surface area contributed by atoms with Gasteiger partial charge in [0, 0.05) is 38.4 Å². The molecule has 0 radical (unpaired) electrons. The number of nitrogens with one attached hydrogen (secondary N) is 2. The SMILES string of the molecule is C=CC(=O)N1CCN(Cn2cnc([C@H](C)Nc3nc(C)nc(N4C(=O)NCC4C4CC4)n3)c2)C[C@@H]1C. The predicted octanol–water partition coefficient (Wildman–Crippen LogP) is 1.53. The van der Waals surface area contributed by atoms with E-state index in [1.807, 2.05) is 28.9 Å². The van der Waals surface area contributed by atoms with Crippen LogP contribution in [0.4, 0.5) is 16.7 Å². The smallest absolute Gasteiger partial charge is 0.324 e. The Labute approximate surface area is 210 Å². The first kappa shape index (κ1) is 24.2. The topological polar surface area (TPSA) is 124 Å². The molecule has 3 fully saturated rings. The first-order valence-electron chi connectivity index (χ1n) is 12.6.